The molecule has 0 bridgehead atoms. The highest BCUT2D eigenvalue weighted by Crippen LogP contribution is 2.44. The molecule has 0 spiro atoms. The first-order valence-electron chi connectivity index (χ1n) is 8.51. The van der Waals surface area contributed by atoms with Crippen LogP contribution in [0.1, 0.15) is 47.7 Å². The van der Waals surface area contributed by atoms with Crippen LogP contribution in [0.15, 0.2) is 53.0 Å². The Bertz CT molecular complexity index is 765. The molecule has 1 fully saturated rings. The molecular weight excluding hydrogens is 380 g/mol. The van der Waals surface area contributed by atoms with Crippen LogP contribution in [0.5, 0.6) is 0 Å². The van der Waals surface area contributed by atoms with Crippen LogP contribution in [-0.4, -0.2) is 11.8 Å². The minimum atomic E-state index is -0.542. The largest absolute Gasteiger partial charge is 0.272 e. The van der Waals surface area contributed by atoms with Gasteiger partial charge >= 0.3 is 0 Å². The summed E-state index contributed by atoms with van der Waals surface area (Å²) >= 11 is 3.42. The Kier molecular flexibility index (Phi) is 5.23. The lowest BCUT2D eigenvalue weighted by molar-refractivity contribution is -0.130. The summed E-state index contributed by atoms with van der Waals surface area (Å²) in [6.07, 6.45) is 3.52. The number of hydrogen-bond donors (Lipinski definition) is 2. The Morgan fingerprint density at radius 1 is 1.00 bits per heavy atom. The van der Waals surface area contributed by atoms with Gasteiger partial charge < -0.3 is 0 Å². The number of halogens is 1. The van der Waals surface area contributed by atoms with Crippen molar-refractivity contribution in [3.8, 4) is 0 Å². The molecule has 25 heavy (non-hydrogen) atoms. The average Bonchev–Trinajstić information content (AvgIpc) is 2.60. The summed E-state index contributed by atoms with van der Waals surface area (Å²) in [5.41, 5.74) is 7.31. The van der Waals surface area contributed by atoms with Crippen molar-refractivity contribution >= 4 is 27.7 Å². The normalized spacial score (nSPS) is 15.1. The van der Waals surface area contributed by atoms with Gasteiger partial charge in [0.2, 0.25) is 5.91 Å². The van der Waals surface area contributed by atoms with Crippen LogP contribution in [-0.2, 0) is 16.6 Å². The molecule has 1 aliphatic carbocycles. The Morgan fingerprint density at radius 3 is 2.16 bits per heavy atom. The van der Waals surface area contributed by atoms with E-state index in [4.69, 9.17) is 0 Å². The summed E-state index contributed by atoms with van der Waals surface area (Å²) in [4.78, 5) is 25.0. The maximum absolute atomic E-state index is 12.7. The van der Waals surface area contributed by atoms with Crippen molar-refractivity contribution in [2.24, 2.45) is 0 Å². The monoisotopic (exact) mass is 400 g/mol. The van der Waals surface area contributed by atoms with E-state index in [0.717, 1.165) is 35.7 Å². The fourth-order valence-electron chi connectivity index (χ4n) is 3.14. The highest BCUT2D eigenvalue weighted by Gasteiger charge is 2.45. The maximum Gasteiger partial charge on any atom is 0.269 e. The van der Waals surface area contributed by atoms with Crippen LogP contribution >= 0.6 is 15.9 Å². The molecule has 0 atom stereocenters. The third-order valence-electron chi connectivity index (χ3n) is 4.95. The van der Waals surface area contributed by atoms with Crippen LogP contribution in [0.4, 0.5) is 0 Å². The lowest BCUT2D eigenvalue weighted by Crippen LogP contribution is -2.54. The number of hydrogen-bond acceptors (Lipinski definition) is 2. The Hall–Kier alpha value is -2.14. The predicted octanol–water partition coefficient (Wildman–Crippen LogP) is 3.89. The molecule has 0 saturated heterocycles. The number of carbonyl (C=O) groups is 2. The third-order valence-corrected chi connectivity index (χ3v) is 5.48. The number of benzene rings is 2. The van der Waals surface area contributed by atoms with Crippen molar-refractivity contribution in [2.75, 3.05) is 0 Å². The van der Waals surface area contributed by atoms with E-state index >= 15 is 0 Å². The van der Waals surface area contributed by atoms with E-state index in [2.05, 4.69) is 33.7 Å². The van der Waals surface area contributed by atoms with Crippen LogP contribution in [0.25, 0.3) is 0 Å². The highest BCUT2D eigenvalue weighted by atomic mass is 79.9. The number of aryl methyl sites for hydroxylation is 1. The molecule has 0 radical (unpaired) electrons. The molecular formula is C20H21BrN2O2. The zero-order valence-corrected chi connectivity index (χ0v) is 15.7. The molecule has 0 heterocycles. The zero-order chi connectivity index (χ0) is 17.9. The molecule has 2 N–H and O–H groups in total. The van der Waals surface area contributed by atoms with Gasteiger partial charge in [0.25, 0.3) is 5.91 Å². The molecule has 130 valence electrons. The Balaban J connectivity index is 1.66. The smallest absolute Gasteiger partial charge is 0.269 e. The third kappa shape index (κ3) is 3.61. The molecule has 2 aromatic carbocycles. The van der Waals surface area contributed by atoms with Gasteiger partial charge in [0.1, 0.15) is 0 Å². The van der Waals surface area contributed by atoms with Crippen molar-refractivity contribution in [1.29, 1.82) is 0 Å². The Morgan fingerprint density at radius 2 is 1.64 bits per heavy atom. The van der Waals surface area contributed by atoms with Gasteiger partial charge in [-0.2, -0.15) is 0 Å². The molecule has 0 aliphatic heterocycles. The second-order valence-corrected chi connectivity index (χ2v) is 7.32. The van der Waals surface area contributed by atoms with Gasteiger partial charge in [0.05, 0.1) is 5.41 Å². The van der Waals surface area contributed by atoms with Gasteiger partial charge in [-0.3, -0.25) is 20.4 Å². The van der Waals surface area contributed by atoms with Crippen LogP contribution in [0.2, 0.25) is 0 Å². The van der Waals surface area contributed by atoms with Gasteiger partial charge in [0, 0.05) is 10.0 Å². The minimum absolute atomic E-state index is 0.153. The molecule has 3 rings (SSSR count). The van der Waals surface area contributed by atoms with Crippen molar-refractivity contribution < 1.29 is 9.59 Å². The maximum atomic E-state index is 12.7. The fraction of sp³-hybridized carbons (Fsp3) is 0.300. The van der Waals surface area contributed by atoms with Crippen LogP contribution in [0, 0.1) is 0 Å². The summed E-state index contributed by atoms with van der Waals surface area (Å²) in [5.74, 6) is -0.458. The van der Waals surface area contributed by atoms with Crippen LogP contribution < -0.4 is 10.9 Å². The van der Waals surface area contributed by atoms with Gasteiger partial charge in [-0.15, -0.1) is 0 Å². The molecule has 1 aliphatic rings. The highest BCUT2D eigenvalue weighted by molar-refractivity contribution is 9.10. The molecule has 1 saturated carbocycles. The summed E-state index contributed by atoms with van der Waals surface area (Å²) in [6, 6.07) is 15.2. The first-order valence-corrected chi connectivity index (χ1v) is 9.30. The standard InChI is InChI=1S/C20H21BrN2O2/c1-2-14-4-6-15(7-5-14)18(24)22-23-19(25)20(12-3-13-20)16-8-10-17(21)11-9-16/h4-11H,2-3,12-13H2,1H3,(H,22,24)(H,23,25). The molecule has 0 aromatic heterocycles. The van der Waals surface area contributed by atoms with Crippen molar-refractivity contribution in [3.63, 3.8) is 0 Å². The van der Waals surface area contributed by atoms with E-state index in [-0.39, 0.29) is 11.8 Å². The SMILES string of the molecule is CCc1ccc(C(=O)NNC(=O)C2(c3ccc(Br)cc3)CCC2)cc1. The summed E-state index contributed by atoms with van der Waals surface area (Å²) < 4.78 is 0.981. The van der Waals surface area contributed by atoms with Crippen molar-refractivity contribution in [3.05, 3.63) is 69.7 Å². The molecule has 5 heteroatoms. The average molecular weight is 401 g/mol. The zero-order valence-electron chi connectivity index (χ0n) is 14.1. The van der Waals surface area contributed by atoms with Gasteiger partial charge in [-0.05, 0) is 54.7 Å². The lowest BCUT2D eigenvalue weighted by Gasteiger charge is -2.40. The van der Waals surface area contributed by atoms with E-state index in [1.165, 1.54) is 5.56 Å². The number of carbonyl (C=O) groups excluding carboxylic acids is 2. The number of rotatable bonds is 4. The van der Waals surface area contributed by atoms with Gasteiger partial charge in [-0.1, -0.05) is 53.5 Å². The summed E-state index contributed by atoms with van der Waals surface area (Å²) in [5, 5.41) is 0. The van der Waals surface area contributed by atoms with E-state index in [1.54, 1.807) is 12.1 Å². The number of hydrazine groups is 1. The first kappa shape index (κ1) is 17.7. The van der Waals surface area contributed by atoms with E-state index < -0.39 is 5.41 Å². The predicted molar refractivity (Wildman–Crippen MR) is 101 cm³/mol. The van der Waals surface area contributed by atoms with E-state index in [0.29, 0.717) is 5.56 Å². The minimum Gasteiger partial charge on any atom is -0.272 e. The first-order chi connectivity index (χ1) is 12.0. The molecule has 0 unspecified atom stereocenters. The summed E-state index contributed by atoms with van der Waals surface area (Å²) in [6.45, 7) is 2.06. The lowest BCUT2D eigenvalue weighted by atomic mass is 9.64. The van der Waals surface area contributed by atoms with Gasteiger partial charge in [-0.25, -0.2) is 0 Å². The topological polar surface area (TPSA) is 58.2 Å². The second-order valence-electron chi connectivity index (χ2n) is 6.40. The van der Waals surface area contributed by atoms with E-state index in [1.807, 2.05) is 36.4 Å². The quantitative estimate of drug-likeness (QED) is 0.764. The second kappa shape index (κ2) is 7.40. The van der Waals surface area contributed by atoms with E-state index in [9.17, 15) is 9.59 Å². The number of nitrogens with one attached hydrogen (secondary N) is 2. The molecule has 4 nitrogen and oxygen atoms in total. The Labute approximate surface area is 156 Å². The summed E-state index contributed by atoms with van der Waals surface area (Å²) in [7, 11) is 0. The fourth-order valence-corrected chi connectivity index (χ4v) is 3.41. The van der Waals surface area contributed by atoms with Gasteiger partial charge in [0.15, 0.2) is 0 Å². The molecule has 2 aromatic rings. The van der Waals surface area contributed by atoms with Crippen molar-refractivity contribution in [2.45, 2.75) is 38.0 Å². The molecule has 2 amide bonds. The van der Waals surface area contributed by atoms with Crippen LogP contribution in [0.3, 0.4) is 0 Å². The number of amides is 2. The van der Waals surface area contributed by atoms with Crippen molar-refractivity contribution in [1.82, 2.24) is 10.9 Å².